The third-order valence-electron chi connectivity index (χ3n) is 6.92. The molecule has 0 aromatic rings. The first-order valence-corrected chi connectivity index (χ1v) is 9.29. The average molecular weight is 338 g/mol. The summed E-state index contributed by atoms with van der Waals surface area (Å²) in [6.07, 6.45) is 4.87. The van der Waals surface area contributed by atoms with Crippen molar-refractivity contribution in [2.24, 2.45) is 22.7 Å². The highest BCUT2D eigenvalue weighted by atomic mass is 16.5. The molecule has 0 radical (unpaired) electrons. The fraction of sp³-hybridized carbons (Fsp3) is 0.850. The minimum Gasteiger partial charge on any atom is -0.463 e. The number of fused-ring (bicyclic) bond motifs is 1. The maximum Gasteiger partial charge on any atom is 0.302 e. The molecule has 4 nitrogen and oxygen atoms in total. The van der Waals surface area contributed by atoms with Gasteiger partial charge in [0.05, 0.1) is 18.8 Å². The Labute approximate surface area is 146 Å². The van der Waals surface area contributed by atoms with Crippen LogP contribution in [-0.4, -0.2) is 35.0 Å². The number of carbonyl (C=O) groups excluding carboxylic acids is 1. The monoisotopic (exact) mass is 338 g/mol. The second-order valence-corrected chi connectivity index (χ2v) is 8.52. The van der Waals surface area contributed by atoms with Crippen LogP contribution in [0.4, 0.5) is 0 Å². The fourth-order valence-electron chi connectivity index (χ4n) is 5.48. The number of esters is 1. The summed E-state index contributed by atoms with van der Waals surface area (Å²) in [6, 6.07) is 0. The third kappa shape index (κ3) is 3.41. The summed E-state index contributed by atoms with van der Waals surface area (Å²) in [6.45, 7) is 12.1. The minimum atomic E-state index is -0.437. The molecule has 138 valence electrons. The first-order chi connectivity index (χ1) is 11.1. The van der Waals surface area contributed by atoms with Crippen LogP contribution in [-0.2, 0) is 9.53 Å². The molecule has 24 heavy (non-hydrogen) atoms. The summed E-state index contributed by atoms with van der Waals surface area (Å²) in [5, 5.41) is 20.5. The molecule has 0 aliphatic heterocycles. The molecule has 2 aliphatic carbocycles. The van der Waals surface area contributed by atoms with E-state index in [2.05, 4.69) is 13.5 Å². The van der Waals surface area contributed by atoms with Crippen molar-refractivity contribution in [3.05, 3.63) is 12.2 Å². The van der Waals surface area contributed by atoms with E-state index in [0.29, 0.717) is 11.8 Å². The standard InChI is InChI=1S/C20H34O4/c1-13-6-9-17-19(4,11-10-18(23)20(17,5)12-21)16(13)8-7-14(2)24-15(3)22/h14,16-18,21,23H,1,6-12H2,2-5H3/t14-,16+,17-,18-,19-,20+/m0/s1. The normalized spacial score (nSPS) is 40.8. The number of hydrogen-bond acceptors (Lipinski definition) is 4. The quantitative estimate of drug-likeness (QED) is 0.595. The van der Waals surface area contributed by atoms with E-state index in [1.54, 1.807) is 0 Å². The van der Waals surface area contributed by atoms with Gasteiger partial charge in [0.1, 0.15) is 0 Å². The Bertz CT molecular complexity index is 488. The van der Waals surface area contributed by atoms with E-state index in [-0.39, 0.29) is 24.1 Å². The molecule has 0 aromatic carbocycles. The molecule has 2 saturated carbocycles. The van der Waals surface area contributed by atoms with Crippen molar-refractivity contribution in [2.75, 3.05) is 6.61 Å². The molecule has 2 aliphatic rings. The van der Waals surface area contributed by atoms with Crippen LogP contribution in [0.2, 0.25) is 0 Å². The lowest BCUT2D eigenvalue weighted by Crippen LogP contribution is -2.57. The zero-order valence-electron chi connectivity index (χ0n) is 15.7. The minimum absolute atomic E-state index is 0.0253. The van der Waals surface area contributed by atoms with Crippen molar-refractivity contribution < 1.29 is 19.7 Å². The highest BCUT2D eigenvalue weighted by molar-refractivity contribution is 5.66. The number of aliphatic hydroxyl groups excluding tert-OH is 2. The summed E-state index contributed by atoms with van der Waals surface area (Å²) in [4.78, 5) is 11.1. The topological polar surface area (TPSA) is 66.8 Å². The Hall–Kier alpha value is -0.870. The summed E-state index contributed by atoms with van der Waals surface area (Å²) >= 11 is 0. The van der Waals surface area contributed by atoms with E-state index in [4.69, 9.17) is 4.74 Å². The second kappa shape index (κ2) is 7.17. The SMILES string of the molecule is C=C1CC[C@H]2[C@@](C)(CC[C@H](O)[C@]2(C)CO)[C@@H]1CC[C@H](C)OC(C)=O. The van der Waals surface area contributed by atoms with Crippen LogP contribution in [0.3, 0.4) is 0 Å². The van der Waals surface area contributed by atoms with Crippen molar-refractivity contribution >= 4 is 5.97 Å². The molecule has 2 rings (SSSR count). The number of carbonyl (C=O) groups is 1. The summed E-state index contributed by atoms with van der Waals surface area (Å²) in [7, 11) is 0. The smallest absolute Gasteiger partial charge is 0.302 e. The van der Waals surface area contributed by atoms with Gasteiger partial charge in [0.15, 0.2) is 0 Å². The lowest BCUT2D eigenvalue weighted by atomic mass is 9.46. The van der Waals surface area contributed by atoms with Crippen molar-refractivity contribution in [1.82, 2.24) is 0 Å². The Morgan fingerprint density at radius 3 is 2.67 bits per heavy atom. The second-order valence-electron chi connectivity index (χ2n) is 8.52. The molecule has 0 aromatic heterocycles. The van der Waals surface area contributed by atoms with Gasteiger partial charge >= 0.3 is 5.97 Å². The Balaban J connectivity index is 2.18. The molecule has 2 fully saturated rings. The summed E-state index contributed by atoms with van der Waals surface area (Å²) < 4.78 is 5.28. The molecule has 0 amide bonds. The maximum absolute atomic E-state index is 11.1. The molecule has 0 saturated heterocycles. The van der Waals surface area contributed by atoms with Crippen molar-refractivity contribution in [2.45, 2.75) is 78.4 Å². The zero-order chi connectivity index (χ0) is 18.1. The van der Waals surface area contributed by atoms with Crippen LogP contribution in [0.1, 0.15) is 66.2 Å². The van der Waals surface area contributed by atoms with Gasteiger partial charge in [-0.2, -0.15) is 0 Å². The third-order valence-corrected chi connectivity index (χ3v) is 6.92. The molecular weight excluding hydrogens is 304 g/mol. The van der Waals surface area contributed by atoms with Gasteiger partial charge < -0.3 is 14.9 Å². The number of allylic oxidation sites excluding steroid dienone is 1. The number of ether oxygens (including phenoxy) is 1. The average Bonchev–Trinajstić information content (AvgIpc) is 2.50. The van der Waals surface area contributed by atoms with E-state index in [9.17, 15) is 15.0 Å². The van der Waals surface area contributed by atoms with Crippen molar-refractivity contribution in [3.8, 4) is 0 Å². The van der Waals surface area contributed by atoms with Crippen LogP contribution in [0.25, 0.3) is 0 Å². The lowest BCUT2D eigenvalue weighted by molar-refractivity contribution is -0.154. The highest BCUT2D eigenvalue weighted by Crippen LogP contribution is 2.61. The Morgan fingerprint density at radius 1 is 1.42 bits per heavy atom. The van der Waals surface area contributed by atoms with E-state index in [1.807, 2.05) is 13.8 Å². The molecule has 0 bridgehead atoms. The van der Waals surface area contributed by atoms with Gasteiger partial charge in [0.2, 0.25) is 0 Å². The van der Waals surface area contributed by atoms with E-state index >= 15 is 0 Å². The van der Waals surface area contributed by atoms with Crippen LogP contribution < -0.4 is 0 Å². The molecule has 0 spiro atoms. The van der Waals surface area contributed by atoms with Gasteiger partial charge in [-0.3, -0.25) is 4.79 Å². The number of rotatable bonds is 5. The Morgan fingerprint density at radius 2 is 2.08 bits per heavy atom. The summed E-state index contributed by atoms with van der Waals surface area (Å²) in [5.41, 5.74) is 0.885. The molecule has 2 N–H and O–H groups in total. The van der Waals surface area contributed by atoms with Crippen molar-refractivity contribution in [3.63, 3.8) is 0 Å². The first-order valence-electron chi connectivity index (χ1n) is 9.29. The van der Waals surface area contributed by atoms with Crippen LogP contribution in [0.15, 0.2) is 12.2 Å². The molecule has 0 unspecified atom stereocenters. The number of hydrogen-bond donors (Lipinski definition) is 2. The van der Waals surface area contributed by atoms with Gasteiger partial charge in [0, 0.05) is 12.3 Å². The molecule has 6 atom stereocenters. The Kier molecular flexibility index (Phi) is 5.81. The van der Waals surface area contributed by atoms with Crippen molar-refractivity contribution in [1.29, 1.82) is 0 Å². The van der Waals surface area contributed by atoms with Crippen LogP contribution in [0.5, 0.6) is 0 Å². The van der Waals surface area contributed by atoms with Crippen LogP contribution in [0, 0.1) is 22.7 Å². The van der Waals surface area contributed by atoms with Gasteiger partial charge in [-0.05, 0) is 62.7 Å². The van der Waals surface area contributed by atoms with E-state index < -0.39 is 11.5 Å². The fourth-order valence-corrected chi connectivity index (χ4v) is 5.48. The van der Waals surface area contributed by atoms with E-state index in [0.717, 1.165) is 38.5 Å². The van der Waals surface area contributed by atoms with Gasteiger partial charge in [0.25, 0.3) is 0 Å². The predicted octanol–water partition coefficient (Wildman–Crippen LogP) is 3.46. The number of aliphatic hydroxyl groups is 2. The lowest BCUT2D eigenvalue weighted by Gasteiger charge is -2.60. The van der Waals surface area contributed by atoms with Gasteiger partial charge in [-0.25, -0.2) is 0 Å². The van der Waals surface area contributed by atoms with E-state index in [1.165, 1.54) is 12.5 Å². The first kappa shape index (κ1) is 19.5. The zero-order valence-corrected chi connectivity index (χ0v) is 15.7. The maximum atomic E-state index is 11.1. The molecule has 4 heteroatoms. The van der Waals surface area contributed by atoms with Crippen LogP contribution >= 0.6 is 0 Å². The summed E-state index contributed by atoms with van der Waals surface area (Å²) in [5.74, 6) is 0.411. The molecule has 0 heterocycles. The predicted molar refractivity (Wildman–Crippen MR) is 94.4 cm³/mol. The highest BCUT2D eigenvalue weighted by Gasteiger charge is 2.57. The largest absolute Gasteiger partial charge is 0.463 e. The molecular formula is C20H34O4. The van der Waals surface area contributed by atoms with Gasteiger partial charge in [-0.15, -0.1) is 0 Å². The van der Waals surface area contributed by atoms with Gasteiger partial charge in [-0.1, -0.05) is 26.0 Å².